The highest BCUT2D eigenvalue weighted by atomic mass is 16.6. The maximum Gasteiger partial charge on any atom is 0.326 e. The molecule has 5 N–H and O–H groups in total. The topological polar surface area (TPSA) is 212 Å². The summed E-state index contributed by atoms with van der Waals surface area (Å²) in [6.07, 6.45) is 0.239. The summed E-state index contributed by atoms with van der Waals surface area (Å²) in [5, 5.41) is 27.0. The maximum atomic E-state index is 12.7. The van der Waals surface area contributed by atoms with Crippen molar-refractivity contribution in [3.05, 3.63) is 36.0 Å². The summed E-state index contributed by atoms with van der Waals surface area (Å²) in [6, 6.07) is 8.12. The number of aryl methyl sites for hydroxylation is 1. The highest BCUT2D eigenvalue weighted by Gasteiger charge is 2.22. The number of carboxylic acid groups (broad SMARTS) is 1. The molecule has 1 aromatic heterocycles. The van der Waals surface area contributed by atoms with Crippen molar-refractivity contribution in [2.75, 3.05) is 114 Å². The van der Waals surface area contributed by atoms with E-state index >= 15 is 0 Å². The molecule has 2 rings (SSSR count). The summed E-state index contributed by atoms with van der Waals surface area (Å²) < 4.78 is 34.7. The Balaban J connectivity index is 1.41. The van der Waals surface area contributed by atoms with Crippen molar-refractivity contribution < 1.29 is 57.8 Å². The Morgan fingerprint density at radius 2 is 1.33 bits per heavy atom. The number of para-hydroxylation sites is 1. The highest BCUT2D eigenvalue weighted by molar-refractivity contribution is 5.88. The Morgan fingerprint density at radius 3 is 1.87 bits per heavy atom. The van der Waals surface area contributed by atoms with Gasteiger partial charge in [-0.3, -0.25) is 19.8 Å². The summed E-state index contributed by atoms with van der Waals surface area (Å²) >= 11 is 0. The molecule has 0 saturated heterocycles. The molecule has 2 aromatic rings. The molecular formula is C36H60N6O12. The molecule has 1 aromatic carbocycles. The van der Waals surface area contributed by atoms with E-state index in [1.807, 2.05) is 43.4 Å². The van der Waals surface area contributed by atoms with E-state index in [9.17, 15) is 24.3 Å². The Kier molecular flexibility index (Phi) is 23.9. The zero-order valence-corrected chi connectivity index (χ0v) is 32.1. The molecule has 2 atom stereocenters. The largest absolute Gasteiger partial charge is 0.480 e. The lowest BCUT2D eigenvalue weighted by Crippen LogP contribution is -2.49. The van der Waals surface area contributed by atoms with Gasteiger partial charge in [-0.15, -0.1) is 0 Å². The molecule has 3 amide bonds. The van der Waals surface area contributed by atoms with Crippen LogP contribution in [0.3, 0.4) is 0 Å². The Morgan fingerprint density at radius 1 is 0.796 bits per heavy atom. The molecule has 54 heavy (non-hydrogen) atoms. The van der Waals surface area contributed by atoms with Crippen molar-refractivity contribution in [2.45, 2.75) is 44.9 Å². The number of hydrogen-bond donors (Lipinski definition) is 5. The first-order chi connectivity index (χ1) is 26.1. The van der Waals surface area contributed by atoms with Crippen LogP contribution >= 0.6 is 0 Å². The van der Waals surface area contributed by atoms with Gasteiger partial charge < -0.3 is 58.7 Å². The lowest BCUT2D eigenvalue weighted by Gasteiger charge is -2.21. The van der Waals surface area contributed by atoms with Gasteiger partial charge in [0.2, 0.25) is 17.7 Å². The summed E-state index contributed by atoms with van der Waals surface area (Å²) in [4.78, 5) is 49.3. The quantitative estimate of drug-likeness (QED) is 0.0475. The minimum absolute atomic E-state index is 0.0986. The van der Waals surface area contributed by atoms with Gasteiger partial charge in [0.1, 0.15) is 12.1 Å². The number of amides is 3. The van der Waals surface area contributed by atoms with Gasteiger partial charge in [-0.2, -0.15) is 0 Å². The minimum Gasteiger partial charge on any atom is -0.480 e. The Hall–Kier alpha value is -3.72. The van der Waals surface area contributed by atoms with Crippen molar-refractivity contribution in [3.63, 3.8) is 0 Å². The number of carboxylic acids is 1. The van der Waals surface area contributed by atoms with E-state index in [0.29, 0.717) is 79.2 Å². The molecule has 0 fully saturated rings. The van der Waals surface area contributed by atoms with Gasteiger partial charge in [-0.25, -0.2) is 9.80 Å². The van der Waals surface area contributed by atoms with Crippen LogP contribution in [0.4, 0.5) is 0 Å². The molecule has 0 bridgehead atoms. The second-order valence-electron chi connectivity index (χ2n) is 12.2. The number of nitrogens with one attached hydrogen (secondary N) is 3. The van der Waals surface area contributed by atoms with Gasteiger partial charge in [0, 0.05) is 44.8 Å². The van der Waals surface area contributed by atoms with Crippen LogP contribution in [0.1, 0.15) is 25.5 Å². The normalized spacial score (nSPS) is 12.6. The van der Waals surface area contributed by atoms with Crippen molar-refractivity contribution in [1.82, 2.24) is 30.5 Å². The van der Waals surface area contributed by atoms with Crippen LogP contribution in [0.5, 0.6) is 0 Å². The molecular weight excluding hydrogens is 708 g/mol. The Labute approximate surface area is 317 Å². The van der Waals surface area contributed by atoms with Gasteiger partial charge in [0.15, 0.2) is 0 Å². The third kappa shape index (κ3) is 18.5. The number of aliphatic hydroxyl groups is 1. The molecule has 0 aliphatic carbocycles. The number of rotatable bonds is 32. The van der Waals surface area contributed by atoms with Crippen molar-refractivity contribution >= 4 is 34.6 Å². The SMILES string of the molecule is CNN(C)Cc1cc2ccccc2n1CCC(=O)NC(CO)C(=O)NCCOCCOCCOCCOCCOCCOCCC(=O)N(C)C(C)C(=O)O. The predicted molar refractivity (Wildman–Crippen MR) is 199 cm³/mol. The summed E-state index contributed by atoms with van der Waals surface area (Å²) in [5.74, 6) is -2.19. The smallest absolute Gasteiger partial charge is 0.326 e. The summed E-state index contributed by atoms with van der Waals surface area (Å²) in [5.41, 5.74) is 5.15. The number of carbonyl (C=O) groups is 4. The van der Waals surface area contributed by atoms with Gasteiger partial charge in [0.05, 0.1) is 98.9 Å². The van der Waals surface area contributed by atoms with Crippen LogP contribution in [0.2, 0.25) is 0 Å². The lowest BCUT2D eigenvalue weighted by molar-refractivity contribution is -0.148. The maximum absolute atomic E-state index is 12.7. The fraction of sp³-hybridized carbons (Fsp3) is 0.667. The van der Waals surface area contributed by atoms with E-state index in [1.54, 1.807) is 0 Å². The fourth-order valence-electron chi connectivity index (χ4n) is 4.95. The van der Waals surface area contributed by atoms with Crippen LogP contribution in [-0.4, -0.2) is 174 Å². The molecule has 18 heteroatoms. The monoisotopic (exact) mass is 768 g/mol. The molecule has 0 aliphatic heterocycles. The van der Waals surface area contributed by atoms with Crippen LogP contribution < -0.4 is 16.1 Å². The molecule has 306 valence electrons. The minimum atomic E-state index is -1.07. The zero-order valence-electron chi connectivity index (χ0n) is 32.1. The van der Waals surface area contributed by atoms with Gasteiger partial charge >= 0.3 is 5.97 Å². The number of fused-ring (bicyclic) bond motifs is 1. The number of ether oxygens (including phenoxy) is 6. The summed E-state index contributed by atoms with van der Waals surface area (Å²) in [6.45, 7) is 6.33. The second-order valence-corrected chi connectivity index (χ2v) is 12.2. The molecule has 18 nitrogen and oxygen atoms in total. The van der Waals surface area contributed by atoms with Crippen molar-refractivity contribution in [3.8, 4) is 0 Å². The van der Waals surface area contributed by atoms with Gasteiger partial charge in [0.25, 0.3) is 0 Å². The standard InChI is InChI=1S/C36H60N6O12/c1-28(36(47)48)41(4)34(45)10-13-49-15-17-51-19-21-53-23-24-54-22-20-52-18-16-50-14-11-38-35(46)31(27-43)39-33(44)9-12-42-30(26-40(3)37-2)25-29-7-5-6-8-32(29)42/h5-8,25,28,31,37,43H,9-24,26-27H2,1-4H3,(H,38,46)(H,39,44)(H,47,48). The van der Waals surface area contributed by atoms with E-state index in [4.69, 9.17) is 33.5 Å². The number of hydrazine groups is 1. The second kappa shape index (κ2) is 27.8. The molecule has 0 radical (unpaired) electrons. The van der Waals surface area contributed by atoms with E-state index in [1.165, 1.54) is 18.9 Å². The third-order valence-corrected chi connectivity index (χ3v) is 8.27. The predicted octanol–water partition coefficient (Wildman–Crippen LogP) is -0.388. The molecule has 1 heterocycles. The Bertz CT molecular complexity index is 1380. The number of benzene rings is 1. The zero-order chi connectivity index (χ0) is 39.6. The number of aliphatic carboxylic acids is 1. The average Bonchev–Trinajstić information content (AvgIpc) is 3.51. The van der Waals surface area contributed by atoms with Gasteiger partial charge in [-0.1, -0.05) is 18.2 Å². The van der Waals surface area contributed by atoms with Crippen LogP contribution in [-0.2, 0) is 60.7 Å². The molecule has 0 aliphatic rings. The van der Waals surface area contributed by atoms with E-state index in [0.717, 1.165) is 16.6 Å². The number of aromatic nitrogens is 1. The summed E-state index contributed by atoms with van der Waals surface area (Å²) in [7, 11) is 5.23. The number of aliphatic hydroxyl groups excluding tert-OH is 1. The molecule has 2 unspecified atom stereocenters. The number of nitrogens with zero attached hydrogens (tertiary/aromatic N) is 3. The first kappa shape index (κ1) is 46.4. The highest BCUT2D eigenvalue weighted by Crippen LogP contribution is 2.21. The lowest BCUT2D eigenvalue weighted by atomic mass is 10.2. The van der Waals surface area contributed by atoms with Crippen LogP contribution in [0, 0.1) is 0 Å². The van der Waals surface area contributed by atoms with E-state index in [2.05, 4.69) is 26.7 Å². The first-order valence-electron chi connectivity index (χ1n) is 18.2. The number of hydrogen-bond acceptors (Lipinski definition) is 13. The van der Waals surface area contributed by atoms with Gasteiger partial charge in [-0.05, 0) is 31.5 Å². The molecule has 0 spiro atoms. The first-order valence-corrected chi connectivity index (χ1v) is 18.2. The van der Waals surface area contributed by atoms with Crippen LogP contribution in [0.15, 0.2) is 30.3 Å². The average molecular weight is 769 g/mol. The van der Waals surface area contributed by atoms with E-state index in [-0.39, 0.29) is 44.4 Å². The number of carbonyl (C=O) groups excluding carboxylic acids is 3. The van der Waals surface area contributed by atoms with Crippen molar-refractivity contribution in [1.29, 1.82) is 0 Å². The van der Waals surface area contributed by atoms with Crippen molar-refractivity contribution in [2.24, 2.45) is 0 Å². The van der Waals surface area contributed by atoms with Crippen LogP contribution in [0.25, 0.3) is 10.9 Å². The number of likely N-dealkylation sites (N-methyl/N-ethyl adjacent to an activating group) is 1. The fourth-order valence-corrected chi connectivity index (χ4v) is 4.95. The third-order valence-electron chi connectivity index (χ3n) is 8.27. The molecule has 0 saturated carbocycles. The van der Waals surface area contributed by atoms with E-state index < -0.39 is 30.6 Å².